The molecule has 1 saturated carbocycles. The van der Waals surface area contributed by atoms with E-state index in [1.54, 1.807) is 6.08 Å². The van der Waals surface area contributed by atoms with E-state index in [0.717, 1.165) is 32.1 Å². The number of allylic oxidation sites excluding steroid dienone is 2. The maximum Gasteiger partial charge on any atom is 0.0908 e. The van der Waals surface area contributed by atoms with Gasteiger partial charge in [0.25, 0.3) is 0 Å². The molecule has 2 rings (SSSR count). The van der Waals surface area contributed by atoms with Gasteiger partial charge in [0.1, 0.15) is 0 Å². The molecule has 0 spiro atoms. The minimum atomic E-state index is 0.382. The van der Waals surface area contributed by atoms with Gasteiger partial charge in [-0.15, -0.1) is 0 Å². The smallest absolute Gasteiger partial charge is 0.0908 e. The number of nitrogens with zero attached hydrogens (tertiary/aromatic N) is 1. The third kappa shape index (κ3) is 4.51. The Morgan fingerprint density at radius 2 is 1.80 bits per heavy atom. The van der Waals surface area contributed by atoms with Crippen molar-refractivity contribution in [3.63, 3.8) is 0 Å². The summed E-state index contributed by atoms with van der Waals surface area (Å²) >= 11 is 0. The molecule has 0 N–H and O–H groups in total. The van der Waals surface area contributed by atoms with Crippen molar-refractivity contribution in [3.05, 3.63) is 47.5 Å². The summed E-state index contributed by atoms with van der Waals surface area (Å²) in [6.45, 7) is 2.89. The summed E-state index contributed by atoms with van der Waals surface area (Å²) in [6, 6.07) is 10.8. The average molecular weight is 269 g/mol. The fourth-order valence-corrected chi connectivity index (χ4v) is 2.71. The van der Waals surface area contributed by atoms with Crippen LogP contribution in [0.2, 0.25) is 0 Å². The molecule has 0 unspecified atom stereocenters. The van der Waals surface area contributed by atoms with Gasteiger partial charge in [-0.05, 0) is 49.1 Å². The first kappa shape index (κ1) is 14.8. The van der Waals surface area contributed by atoms with Crippen molar-refractivity contribution in [2.24, 2.45) is 5.92 Å². The number of hydrogen-bond acceptors (Lipinski definition) is 2. The third-order valence-corrected chi connectivity index (χ3v) is 4.08. The monoisotopic (exact) mass is 269 g/mol. The van der Waals surface area contributed by atoms with Crippen molar-refractivity contribution < 1.29 is 4.74 Å². The van der Waals surface area contributed by atoms with E-state index in [0.29, 0.717) is 18.6 Å². The summed E-state index contributed by atoms with van der Waals surface area (Å²) in [7, 11) is 0. The molecule has 2 nitrogen and oxygen atoms in total. The summed E-state index contributed by atoms with van der Waals surface area (Å²) in [6.07, 6.45) is 9.60. The fourth-order valence-electron chi connectivity index (χ4n) is 2.71. The van der Waals surface area contributed by atoms with Gasteiger partial charge in [-0.3, -0.25) is 0 Å². The van der Waals surface area contributed by atoms with Gasteiger partial charge < -0.3 is 4.74 Å². The Morgan fingerprint density at radius 1 is 1.15 bits per heavy atom. The molecule has 0 radical (unpaired) electrons. The lowest BCUT2D eigenvalue weighted by molar-refractivity contribution is 0.0110. The molecule has 20 heavy (non-hydrogen) atoms. The van der Waals surface area contributed by atoms with Crippen molar-refractivity contribution in [2.75, 3.05) is 0 Å². The molecule has 106 valence electrons. The zero-order chi connectivity index (χ0) is 14.2. The molecule has 0 heterocycles. The molecule has 0 atom stereocenters. The van der Waals surface area contributed by atoms with Crippen LogP contribution >= 0.6 is 0 Å². The van der Waals surface area contributed by atoms with Gasteiger partial charge >= 0.3 is 0 Å². The lowest BCUT2D eigenvalue weighted by atomic mass is 9.87. The van der Waals surface area contributed by atoms with Gasteiger partial charge in [-0.25, -0.2) is 0 Å². The van der Waals surface area contributed by atoms with Crippen LogP contribution in [0.15, 0.2) is 36.4 Å². The number of benzene rings is 1. The highest BCUT2D eigenvalue weighted by molar-refractivity contribution is 5.21. The van der Waals surface area contributed by atoms with Gasteiger partial charge in [0.05, 0.1) is 18.8 Å². The summed E-state index contributed by atoms with van der Waals surface area (Å²) in [5.41, 5.74) is 2.63. The highest BCUT2D eigenvalue weighted by atomic mass is 16.5. The Morgan fingerprint density at radius 3 is 2.40 bits per heavy atom. The van der Waals surface area contributed by atoms with Gasteiger partial charge in [0.15, 0.2) is 0 Å². The molecular formula is C18H23NO. The first-order valence-electron chi connectivity index (χ1n) is 7.57. The van der Waals surface area contributed by atoms with Gasteiger partial charge in [0, 0.05) is 6.08 Å². The predicted octanol–water partition coefficient (Wildman–Crippen LogP) is 4.40. The van der Waals surface area contributed by atoms with E-state index in [2.05, 4.69) is 37.3 Å². The Hall–Kier alpha value is -1.59. The molecule has 0 aromatic heterocycles. The maximum atomic E-state index is 8.54. The molecule has 2 heteroatoms. The molecule has 0 saturated heterocycles. The van der Waals surface area contributed by atoms with E-state index in [1.807, 2.05) is 6.08 Å². The van der Waals surface area contributed by atoms with Crippen LogP contribution < -0.4 is 0 Å². The fraction of sp³-hybridized carbons (Fsp3) is 0.500. The van der Waals surface area contributed by atoms with Crippen molar-refractivity contribution in [1.29, 1.82) is 5.26 Å². The van der Waals surface area contributed by atoms with Crippen molar-refractivity contribution >= 4 is 0 Å². The lowest BCUT2D eigenvalue weighted by Crippen LogP contribution is -2.20. The van der Waals surface area contributed by atoms with E-state index in [1.165, 1.54) is 11.1 Å². The van der Waals surface area contributed by atoms with Crippen LogP contribution in [0.1, 0.15) is 43.7 Å². The van der Waals surface area contributed by atoms with Crippen molar-refractivity contribution in [3.8, 4) is 6.07 Å². The van der Waals surface area contributed by atoms with E-state index in [-0.39, 0.29) is 0 Å². The van der Waals surface area contributed by atoms with Crippen LogP contribution in [0, 0.1) is 17.2 Å². The number of nitriles is 1. The Bertz CT molecular complexity index is 461. The molecule has 0 aliphatic heterocycles. The van der Waals surface area contributed by atoms with Crippen LogP contribution in [0.3, 0.4) is 0 Å². The zero-order valence-electron chi connectivity index (χ0n) is 12.2. The Balaban J connectivity index is 1.73. The lowest BCUT2D eigenvalue weighted by Gasteiger charge is -2.26. The molecule has 0 bridgehead atoms. The van der Waals surface area contributed by atoms with Gasteiger partial charge in [0.2, 0.25) is 0 Å². The van der Waals surface area contributed by atoms with Crippen molar-refractivity contribution in [1.82, 2.24) is 0 Å². The summed E-state index contributed by atoms with van der Waals surface area (Å²) < 4.78 is 6.01. The Labute approximate surface area is 122 Å². The van der Waals surface area contributed by atoms with Gasteiger partial charge in [-0.2, -0.15) is 5.26 Å². The second kappa shape index (κ2) is 7.87. The molecule has 1 aliphatic rings. The number of ether oxygens (including phenoxy) is 1. The topological polar surface area (TPSA) is 33.0 Å². The highest BCUT2D eigenvalue weighted by Crippen LogP contribution is 2.27. The molecule has 0 amide bonds. The normalized spacial score (nSPS) is 22.8. The minimum absolute atomic E-state index is 0.382. The molecule has 1 fully saturated rings. The average Bonchev–Trinajstić information content (AvgIpc) is 2.52. The summed E-state index contributed by atoms with van der Waals surface area (Å²) in [4.78, 5) is 0. The standard InChI is InChI=1S/C18H23NO/c1-2-15-5-7-17(8-6-15)14-20-18-11-9-16(10-12-18)4-3-13-19/h3-8,16,18H,2,9-12,14H2,1H3/t16-,18-. The van der Waals surface area contributed by atoms with E-state index in [9.17, 15) is 0 Å². The Kier molecular flexibility index (Phi) is 5.83. The van der Waals surface area contributed by atoms with Crippen LogP contribution in [0.25, 0.3) is 0 Å². The molecule has 1 aliphatic carbocycles. The van der Waals surface area contributed by atoms with Crippen LogP contribution in [0.4, 0.5) is 0 Å². The van der Waals surface area contributed by atoms with E-state index < -0.39 is 0 Å². The van der Waals surface area contributed by atoms with E-state index in [4.69, 9.17) is 10.00 Å². The minimum Gasteiger partial charge on any atom is -0.374 e. The van der Waals surface area contributed by atoms with Crippen LogP contribution in [-0.4, -0.2) is 6.10 Å². The third-order valence-electron chi connectivity index (χ3n) is 4.08. The molecule has 1 aromatic carbocycles. The number of rotatable bonds is 5. The maximum absolute atomic E-state index is 8.54. The number of aryl methyl sites for hydroxylation is 1. The first-order valence-corrected chi connectivity index (χ1v) is 7.57. The van der Waals surface area contributed by atoms with Crippen LogP contribution in [-0.2, 0) is 17.8 Å². The summed E-state index contributed by atoms with van der Waals surface area (Å²) in [5.74, 6) is 0.568. The highest BCUT2D eigenvalue weighted by Gasteiger charge is 2.19. The molecule has 1 aromatic rings. The largest absolute Gasteiger partial charge is 0.374 e. The summed E-state index contributed by atoms with van der Waals surface area (Å²) in [5, 5.41) is 8.54. The quantitative estimate of drug-likeness (QED) is 0.742. The van der Waals surface area contributed by atoms with Crippen molar-refractivity contribution in [2.45, 2.75) is 51.7 Å². The predicted molar refractivity (Wildman–Crippen MR) is 81.1 cm³/mol. The van der Waals surface area contributed by atoms with Crippen LogP contribution in [0.5, 0.6) is 0 Å². The zero-order valence-corrected chi connectivity index (χ0v) is 12.2. The molecular weight excluding hydrogens is 246 g/mol. The van der Waals surface area contributed by atoms with Gasteiger partial charge in [-0.1, -0.05) is 37.3 Å². The van der Waals surface area contributed by atoms with E-state index >= 15 is 0 Å². The SMILES string of the molecule is CCc1ccc(CO[C@H]2CC[C@H](C=CC#N)CC2)cc1. The second-order valence-corrected chi connectivity index (χ2v) is 5.51. The number of hydrogen-bond donors (Lipinski definition) is 0. The first-order chi connectivity index (χ1) is 9.81. The second-order valence-electron chi connectivity index (χ2n) is 5.51.